The molecule has 0 bridgehead atoms. The zero-order valence-corrected chi connectivity index (χ0v) is 20.6. The fourth-order valence-electron chi connectivity index (χ4n) is 4.11. The van der Waals surface area contributed by atoms with Crippen LogP contribution in [0, 0.1) is 11.6 Å². The summed E-state index contributed by atoms with van der Waals surface area (Å²) in [5, 5.41) is 19.6. The Labute approximate surface area is 217 Å². The van der Waals surface area contributed by atoms with E-state index in [2.05, 4.69) is 15.8 Å². The van der Waals surface area contributed by atoms with E-state index in [0.29, 0.717) is 30.7 Å². The molecule has 0 unspecified atom stereocenters. The third-order valence-corrected chi connectivity index (χ3v) is 5.92. The van der Waals surface area contributed by atoms with Crippen molar-refractivity contribution in [3.05, 3.63) is 77.7 Å². The SMILES string of the molecule is COCc1cc(C[C@@H]2CC[C@H](O)[C@@H](CN(C(=O)Nc3cccc(F)c3)C(=O)Nc3cccc(F)c3)O2)no1. The Bertz CT molecular complexity index is 1200. The van der Waals surface area contributed by atoms with Gasteiger partial charge in [0.05, 0.1) is 24.4 Å². The van der Waals surface area contributed by atoms with E-state index in [9.17, 15) is 23.5 Å². The molecule has 2 heterocycles. The van der Waals surface area contributed by atoms with Crippen molar-refractivity contribution in [1.29, 1.82) is 0 Å². The summed E-state index contributed by atoms with van der Waals surface area (Å²) in [4.78, 5) is 27.0. The van der Waals surface area contributed by atoms with Gasteiger partial charge in [-0.15, -0.1) is 0 Å². The first kappa shape index (κ1) is 27.2. The van der Waals surface area contributed by atoms with Crippen molar-refractivity contribution in [2.45, 2.75) is 44.2 Å². The van der Waals surface area contributed by atoms with E-state index in [1.165, 1.54) is 36.4 Å². The van der Waals surface area contributed by atoms with E-state index in [-0.39, 0.29) is 30.6 Å². The van der Waals surface area contributed by atoms with Gasteiger partial charge in [-0.3, -0.25) is 0 Å². The van der Waals surface area contributed by atoms with Crippen molar-refractivity contribution < 1.29 is 37.5 Å². The number of aliphatic hydroxyl groups is 1. The number of rotatable bonds is 8. The Balaban J connectivity index is 1.49. The molecule has 4 rings (SSSR count). The number of hydrogen-bond acceptors (Lipinski definition) is 7. The van der Waals surface area contributed by atoms with Crippen molar-refractivity contribution in [1.82, 2.24) is 10.1 Å². The fraction of sp³-hybridized carbons (Fsp3) is 0.346. The van der Waals surface area contributed by atoms with Crippen molar-refractivity contribution in [3.63, 3.8) is 0 Å². The van der Waals surface area contributed by atoms with Crippen LogP contribution in [0.2, 0.25) is 0 Å². The smallest absolute Gasteiger partial charge is 0.330 e. The number of aromatic nitrogens is 1. The minimum Gasteiger partial charge on any atom is -0.390 e. The predicted octanol–water partition coefficient (Wildman–Crippen LogP) is 4.32. The molecule has 1 aliphatic heterocycles. The molecular formula is C26H28F2N4O6. The molecule has 4 amide bonds. The number of nitrogens with zero attached hydrogens (tertiary/aromatic N) is 2. The van der Waals surface area contributed by atoms with Crippen LogP contribution in [-0.4, -0.2) is 59.2 Å². The predicted molar refractivity (Wildman–Crippen MR) is 132 cm³/mol. The molecule has 3 N–H and O–H groups in total. The van der Waals surface area contributed by atoms with Gasteiger partial charge in [0.1, 0.15) is 24.3 Å². The minimum atomic E-state index is -0.959. The second-order valence-corrected chi connectivity index (χ2v) is 8.85. The highest BCUT2D eigenvalue weighted by Gasteiger charge is 2.35. The number of methoxy groups -OCH3 is 1. The molecule has 0 radical (unpaired) electrons. The maximum Gasteiger partial charge on any atom is 0.330 e. The molecule has 3 atom stereocenters. The van der Waals surface area contributed by atoms with Gasteiger partial charge in [-0.25, -0.2) is 23.3 Å². The highest BCUT2D eigenvalue weighted by Crippen LogP contribution is 2.24. The van der Waals surface area contributed by atoms with E-state index < -0.39 is 35.9 Å². The number of carbonyl (C=O) groups is 2. The monoisotopic (exact) mass is 530 g/mol. The van der Waals surface area contributed by atoms with Gasteiger partial charge in [0.15, 0.2) is 5.76 Å². The Morgan fingerprint density at radius 2 is 1.68 bits per heavy atom. The number of hydrogen-bond donors (Lipinski definition) is 3. The normalized spacial score (nSPS) is 19.1. The zero-order valence-electron chi connectivity index (χ0n) is 20.6. The summed E-state index contributed by atoms with van der Waals surface area (Å²) in [6.07, 6.45) is -0.961. The van der Waals surface area contributed by atoms with Crippen molar-refractivity contribution in [3.8, 4) is 0 Å². The summed E-state index contributed by atoms with van der Waals surface area (Å²) in [6, 6.07) is 10.3. The lowest BCUT2D eigenvalue weighted by atomic mass is 9.98. The van der Waals surface area contributed by atoms with Gasteiger partial charge >= 0.3 is 12.1 Å². The number of nitrogens with one attached hydrogen (secondary N) is 2. The molecule has 12 heteroatoms. The van der Waals surface area contributed by atoms with Crippen LogP contribution in [0.4, 0.5) is 29.7 Å². The van der Waals surface area contributed by atoms with E-state index in [4.69, 9.17) is 14.0 Å². The number of benzene rings is 2. The molecule has 0 spiro atoms. The van der Waals surface area contributed by atoms with Gasteiger partial charge in [-0.05, 0) is 49.2 Å². The number of carbonyl (C=O) groups excluding carboxylic acids is 2. The standard InChI is InChI=1S/C26H28F2N4O6/c1-36-15-22-13-20(31-38-22)12-21-8-9-23(33)24(37-21)14-32(25(34)29-18-6-2-4-16(27)10-18)26(35)30-19-7-3-5-17(28)11-19/h2-7,10-11,13,21,23-24,33H,8-9,12,14-15H2,1H3,(H,29,34)(H,30,35)/t21-,23-,24+/m0/s1. The molecule has 3 aromatic rings. The first-order valence-electron chi connectivity index (χ1n) is 12.0. The summed E-state index contributed by atoms with van der Waals surface area (Å²) in [7, 11) is 1.54. The molecule has 0 saturated carbocycles. The third-order valence-electron chi connectivity index (χ3n) is 5.92. The second kappa shape index (κ2) is 12.6. The maximum atomic E-state index is 13.6. The molecule has 1 saturated heterocycles. The van der Waals surface area contributed by atoms with Gasteiger partial charge in [0.25, 0.3) is 0 Å². The maximum absolute atomic E-state index is 13.6. The number of ether oxygens (including phenoxy) is 2. The Morgan fingerprint density at radius 3 is 2.26 bits per heavy atom. The summed E-state index contributed by atoms with van der Waals surface area (Å²) >= 11 is 0. The first-order chi connectivity index (χ1) is 18.3. The molecule has 0 aliphatic carbocycles. The second-order valence-electron chi connectivity index (χ2n) is 8.85. The number of anilines is 2. The van der Waals surface area contributed by atoms with Gasteiger partial charge in [-0.1, -0.05) is 17.3 Å². The van der Waals surface area contributed by atoms with Crippen molar-refractivity contribution >= 4 is 23.4 Å². The van der Waals surface area contributed by atoms with E-state index in [1.807, 2.05) is 0 Å². The highest BCUT2D eigenvalue weighted by atomic mass is 19.1. The Morgan fingerprint density at radius 1 is 1.05 bits per heavy atom. The summed E-state index contributed by atoms with van der Waals surface area (Å²) in [5.74, 6) is -0.591. The van der Waals surface area contributed by atoms with Gasteiger partial charge in [0, 0.05) is 31.0 Å². The molecule has 10 nitrogen and oxygen atoms in total. The highest BCUT2D eigenvalue weighted by molar-refractivity contribution is 6.05. The largest absolute Gasteiger partial charge is 0.390 e. The number of amides is 4. The summed E-state index contributed by atoms with van der Waals surface area (Å²) in [6.45, 7) is -0.0522. The lowest BCUT2D eigenvalue weighted by Gasteiger charge is -2.36. The third kappa shape index (κ3) is 7.34. The Hall–Kier alpha value is -3.87. The van der Waals surface area contributed by atoms with Crippen molar-refractivity contribution in [2.75, 3.05) is 24.3 Å². The van der Waals surface area contributed by atoms with Crippen molar-refractivity contribution in [2.24, 2.45) is 0 Å². The molecular weight excluding hydrogens is 502 g/mol. The van der Waals surface area contributed by atoms with E-state index in [1.54, 1.807) is 13.2 Å². The number of aliphatic hydroxyl groups excluding tert-OH is 1. The fourth-order valence-corrected chi connectivity index (χ4v) is 4.11. The molecule has 202 valence electrons. The van der Waals surface area contributed by atoms with Crippen LogP contribution < -0.4 is 10.6 Å². The van der Waals surface area contributed by atoms with Crippen LogP contribution in [0.25, 0.3) is 0 Å². The molecule has 2 aromatic carbocycles. The van der Waals surface area contributed by atoms with Gasteiger partial charge < -0.3 is 29.7 Å². The first-order valence-corrected chi connectivity index (χ1v) is 12.0. The van der Waals surface area contributed by atoms with Crippen LogP contribution in [0.1, 0.15) is 24.3 Å². The molecule has 1 aliphatic rings. The van der Waals surface area contributed by atoms with E-state index >= 15 is 0 Å². The topological polar surface area (TPSA) is 126 Å². The average Bonchev–Trinajstić information content (AvgIpc) is 3.31. The minimum absolute atomic E-state index is 0.124. The lowest BCUT2D eigenvalue weighted by molar-refractivity contribution is -0.119. The number of urea groups is 2. The van der Waals surface area contributed by atoms with E-state index in [0.717, 1.165) is 17.0 Å². The summed E-state index contributed by atoms with van der Waals surface area (Å²) in [5.41, 5.74) is 0.889. The van der Waals surface area contributed by atoms with Crippen LogP contribution in [0.15, 0.2) is 59.1 Å². The average molecular weight is 531 g/mol. The Kier molecular flexibility index (Phi) is 9.00. The number of halogens is 2. The molecule has 1 fully saturated rings. The lowest BCUT2D eigenvalue weighted by Crippen LogP contribution is -2.52. The quantitative estimate of drug-likeness (QED) is 0.396. The zero-order chi connectivity index (χ0) is 27.1. The summed E-state index contributed by atoms with van der Waals surface area (Å²) < 4.78 is 43.6. The van der Waals surface area contributed by atoms with Crippen LogP contribution >= 0.6 is 0 Å². The van der Waals surface area contributed by atoms with Crippen LogP contribution in [0.5, 0.6) is 0 Å². The molecule has 38 heavy (non-hydrogen) atoms. The van der Waals surface area contributed by atoms with Gasteiger partial charge in [0.2, 0.25) is 0 Å². The number of imide groups is 1. The molecule has 1 aromatic heterocycles. The van der Waals surface area contributed by atoms with Crippen LogP contribution in [-0.2, 0) is 22.5 Å². The van der Waals surface area contributed by atoms with Gasteiger partial charge in [-0.2, -0.15) is 0 Å². The van der Waals surface area contributed by atoms with Crippen LogP contribution in [0.3, 0.4) is 0 Å².